The number of nitrogens with zero attached hydrogens (tertiary/aromatic N) is 3. The fourth-order valence-electron chi connectivity index (χ4n) is 3.21. The zero-order valence-electron chi connectivity index (χ0n) is 16.3. The fourth-order valence-corrected chi connectivity index (χ4v) is 3.21. The van der Waals surface area contributed by atoms with Gasteiger partial charge in [-0.05, 0) is 55.7 Å². The Bertz CT molecular complexity index is 959. The number of rotatable bonds is 7. The van der Waals surface area contributed by atoms with Gasteiger partial charge in [0, 0.05) is 42.0 Å². The molecule has 1 fully saturated rings. The standard InChI is InChI=1S/C22H25N5O/c1-3-13-27(2)19-11-9-16(10-12-19)22(28)23-18-6-4-5-17(14-18)21-24-20(25-26-21)15-7-8-15/h4-6,9-12,14-15H,3,7-8,13H2,1-2H3,(H,23,28)(H,24,25,26). The van der Waals surface area contributed by atoms with Crippen molar-refractivity contribution in [2.45, 2.75) is 32.1 Å². The summed E-state index contributed by atoms with van der Waals surface area (Å²) in [5.41, 5.74) is 3.36. The molecule has 1 saturated carbocycles. The van der Waals surface area contributed by atoms with Crippen molar-refractivity contribution in [2.75, 3.05) is 23.8 Å². The summed E-state index contributed by atoms with van der Waals surface area (Å²) in [4.78, 5) is 19.4. The molecule has 1 heterocycles. The summed E-state index contributed by atoms with van der Waals surface area (Å²) in [5, 5.41) is 10.3. The lowest BCUT2D eigenvalue weighted by Gasteiger charge is -2.18. The van der Waals surface area contributed by atoms with Crippen LogP contribution in [-0.4, -0.2) is 34.7 Å². The highest BCUT2D eigenvalue weighted by Gasteiger charge is 2.27. The Labute approximate surface area is 165 Å². The first-order valence-corrected chi connectivity index (χ1v) is 9.79. The van der Waals surface area contributed by atoms with Gasteiger partial charge in [-0.2, -0.15) is 5.10 Å². The second kappa shape index (κ2) is 7.84. The molecule has 1 aliphatic carbocycles. The summed E-state index contributed by atoms with van der Waals surface area (Å²) in [6, 6.07) is 15.3. The van der Waals surface area contributed by atoms with Crippen LogP contribution in [0.25, 0.3) is 11.4 Å². The maximum absolute atomic E-state index is 12.6. The minimum atomic E-state index is -0.129. The molecule has 0 radical (unpaired) electrons. The average molecular weight is 375 g/mol. The van der Waals surface area contributed by atoms with Crippen LogP contribution in [0, 0.1) is 0 Å². The first-order chi connectivity index (χ1) is 13.6. The van der Waals surface area contributed by atoms with Crippen LogP contribution >= 0.6 is 0 Å². The third kappa shape index (κ3) is 4.06. The maximum Gasteiger partial charge on any atom is 0.255 e. The number of nitrogens with one attached hydrogen (secondary N) is 2. The summed E-state index contributed by atoms with van der Waals surface area (Å²) in [6.07, 6.45) is 3.44. The normalized spacial score (nSPS) is 13.4. The summed E-state index contributed by atoms with van der Waals surface area (Å²) >= 11 is 0. The molecule has 6 nitrogen and oxygen atoms in total. The molecule has 3 aromatic rings. The minimum Gasteiger partial charge on any atom is -0.375 e. The highest BCUT2D eigenvalue weighted by Crippen LogP contribution is 2.38. The second-order valence-corrected chi connectivity index (χ2v) is 7.32. The van der Waals surface area contributed by atoms with Crippen molar-refractivity contribution >= 4 is 17.3 Å². The Balaban J connectivity index is 1.45. The molecule has 28 heavy (non-hydrogen) atoms. The van der Waals surface area contributed by atoms with E-state index in [0.717, 1.165) is 35.7 Å². The Morgan fingerprint density at radius 2 is 2.00 bits per heavy atom. The van der Waals surface area contributed by atoms with Crippen molar-refractivity contribution in [3.8, 4) is 11.4 Å². The third-order valence-electron chi connectivity index (χ3n) is 4.97. The molecule has 144 valence electrons. The van der Waals surface area contributed by atoms with Gasteiger partial charge in [-0.25, -0.2) is 4.98 Å². The van der Waals surface area contributed by atoms with E-state index in [0.29, 0.717) is 17.3 Å². The molecule has 6 heteroatoms. The van der Waals surface area contributed by atoms with E-state index < -0.39 is 0 Å². The molecule has 1 amide bonds. The lowest BCUT2D eigenvalue weighted by Crippen LogP contribution is -2.18. The van der Waals surface area contributed by atoms with E-state index in [9.17, 15) is 4.79 Å². The molecule has 2 N–H and O–H groups in total. The fraction of sp³-hybridized carbons (Fsp3) is 0.318. The molecule has 4 rings (SSSR count). The molecule has 0 aliphatic heterocycles. The largest absolute Gasteiger partial charge is 0.375 e. The summed E-state index contributed by atoms with van der Waals surface area (Å²) in [7, 11) is 2.06. The van der Waals surface area contributed by atoms with Gasteiger partial charge in [0.25, 0.3) is 5.91 Å². The average Bonchev–Trinajstić information content (AvgIpc) is 3.45. The van der Waals surface area contributed by atoms with Gasteiger partial charge in [0.05, 0.1) is 0 Å². The van der Waals surface area contributed by atoms with Crippen molar-refractivity contribution in [3.05, 3.63) is 59.9 Å². The molecular formula is C22H25N5O. The van der Waals surface area contributed by atoms with Gasteiger partial charge in [-0.15, -0.1) is 0 Å². The van der Waals surface area contributed by atoms with Crippen LogP contribution in [0.3, 0.4) is 0 Å². The van der Waals surface area contributed by atoms with Gasteiger partial charge in [0.1, 0.15) is 5.82 Å². The number of benzene rings is 2. The number of aromatic nitrogens is 3. The molecule has 1 aromatic heterocycles. The quantitative estimate of drug-likeness (QED) is 0.640. The zero-order chi connectivity index (χ0) is 19.5. The Morgan fingerprint density at radius 1 is 1.21 bits per heavy atom. The van der Waals surface area contributed by atoms with Gasteiger partial charge in [-0.3, -0.25) is 9.89 Å². The maximum atomic E-state index is 12.6. The van der Waals surface area contributed by atoms with Crippen molar-refractivity contribution in [1.82, 2.24) is 15.2 Å². The summed E-state index contributed by atoms with van der Waals surface area (Å²) < 4.78 is 0. The second-order valence-electron chi connectivity index (χ2n) is 7.32. The van der Waals surface area contributed by atoms with E-state index in [4.69, 9.17) is 0 Å². The number of carbonyl (C=O) groups excluding carboxylic acids is 1. The van der Waals surface area contributed by atoms with E-state index in [1.807, 2.05) is 48.5 Å². The van der Waals surface area contributed by atoms with E-state index in [2.05, 4.69) is 39.4 Å². The predicted molar refractivity (Wildman–Crippen MR) is 112 cm³/mol. The van der Waals surface area contributed by atoms with Crippen LogP contribution < -0.4 is 10.2 Å². The lowest BCUT2D eigenvalue weighted by molar-refractivity contribution is 0.102. The van der Waals surface area contributed by atoms with Crippen molar-refractivity contribution in [3.63, 3.8) is 0 Å². The van der Waals surface area contributed by atoms with Crippen LogP contribution in [0.2, 0.25) is 0 Å². The topological polar surface area (TPSA) is 73.9 Å². The van der Waals surface area contributed by atoms with E-state index in [1.54, 1.807) is 0 Å². The number of H-pyrrole nitrogens is 1. The van der Waals surface area contributed by atoms with E-state index >= 15 is 0 Å². The highest BCUT2D eigenvalue weighted by atomic mass is 16.1. The number of anilines is 2. The smallest absolute Gasteiger partial charge is 0.255 e. The molecule has 2 aromatic carbocycles. The molecular weight excluding hydrogens is 350 g/mol. The predicted octanol–water partition coefficient (Wildman–Crippen LogP) is 4.45. The van der Waals surface area contributed by atoms with Crippen molar-refractivity contribution in [2.24, 2.45) is 0 Å². The molecule has 0 bridgehead atoms. The molecule has 0 spiro atoms. The van der Waals surface area contributed by atoms with Gasteiger partial charge in [-0.1, -0.05) is 19.1 Å². The lowest BCUT2D eigenvalue weighted by atomic mass is 10.1. The van der Waals surface area contributed by atoms with Crippen LogP contribution in [0.5, 0.6) is 0 Å². The summed E-state index contributed by atoms with van der Waals surface area (Å²) in [6.45, 7) is 3.14. The Kier molecular flexibility index (Phi) is 5.10. The van der Waals surface area contributed by atoms with Crippen molar-refractivity contribution in [1.29, 1.82) is 0 Å². The third-order valence-corrected chi connectivity index (χ3v) is 4.97. The Hall–Kier alpha value is -3.15. The number of amides is 1. The van der Waals surface area contributed by atoms with Gasteiger partial charge in [0.15, 0.2) is 5.82 Å². The van der Waals surface area contributed by atoms with Crippen LogP contribution in [0.1, 0.15) is 48.3 Å². The first-order valence-electron chi connectivity index (χ1n) is 9.79. The van der Waals surface area contributed by atoms with Crippen LogP contribution in [0.15, 0.2) is 48.5 Å². The molecule has 0 atom stereocenters. The minimum absolute atomic E-state index is 0.129. The molecule has 1 aliphatic rings. The highest BCUT2D eigenvalue weighted by molar-refractivity contribution is 6.04. The van der Waals surface area contributed by atoms with Crippen LogP contribution in [-0.2, 0) is 0 Å². The van der Waals surface area contributed by atoms with E-state index in [-0.39, 0.29) is 5.91 Å². The van der Waals surface area contributed by atoms with Crippen molar-refractivity contribution < 1.29 is 4.79 Å². The van der Waals surface area contributed by atoms with Crippen LogP contribution in [0.4, 0.5) is 11.4 Å². The Morgan fingerprint density at radius 3 is 2.71 bits per heavy atom. The van der Waals surface area contributed by atoms with Gasteiger partial charge >= 0.3 is 0 Å². The van der Waals surface area contributed by atoms with Gasteiger partial charge in [0.2, 0.25) is 0 Å². The number of aromatic amines is 1. The SMILES string of the molecule is CCCN(C)c1ccc(C(=O)Nc2cccc(-c3n[nH]c(C4CC4)n3)c2)cc1. The number of hydrogen-bond donors (Lipinski definition) is 2. The zero-order valence-corrected chi connectivity index (χ0v) is 16.3. The van der Waals surface area contributed by atoms with E-state index in [1.165, 1.54) is 12.8 Å². The van der Waals surface area contributed by atoms with Gasteiger partial charge < -0.3 is 10.2 Å². The summed E-state index contributed by atoms with van der Waals surface area (Å²) in [5.74, 6) is 2.03. The molecule has 0 saturated heterocycles. The number of hydrogen-bond acceptors (Lipinski definition) is 4. The monoisotopic (exact) mass is 375 g/mol. The first kappa shape index (κ1) is 18.2. The number of carbonyl (C=O) groups is 1. The molecule has 0 unspecified atom stereocenters.